The van der Waals surface area contributed by atoms with Crippen LogP contribution in [0.3, 0.4) is 0 Å². The third-order valence-electron chi connectivity index (χ3n) is 3.43. The molecule has 0 unspecified atom stereocenters. The molecule has 1 heterocycles. The first kappa shape index (κ1) is 10.7. The lowest BCUT2D eigenvalue weighted by Gasteiger charge is -2.36. The first-order valence-electron chi connectivity index (χ1n) is 5.83. The molecular weight excluding hydrogens is 188 g/mol. The Kier molecular flexibility index (Phi) is 3.44. The first-order valence-corrected chi connectivity index (χ1v) is 5.83. The van der Waals surface area contributed by atoms with Crippen molar-refractivity contribution in [3.05, 3.63) is 24.0 Å². The maximum Gasteiger partial charge on any atom is 0.0613 e. The van der Waals surface area contributed by atoms with Crippen molar-refractivity contribution in [3.8, 4) is 0 Å². The van der Waals surface area contributed by atoms with Gasteiger partial charge in [0.15, 0.2) is 0 Å². The zero-order valence-corrected chi connectivity index (χ0v) is 9.13. The van der Waals surface area contributed by atoms with Crippen LogP contribution >= 0.6 is 0 Å². The largest absolute Gasteiger partial charge is 0.394 e. The summed E-state index contributed by atoms with van der Waals surface area (Å²) >= 11 is 0. The molecular formula is C12H20N2O. The normalized spacial score (nSPS) is 20.3. The first-order chi connectivity index (χ1) is 7.35. The van der Waals surface area contributed by atoms with E-state index >= 15 is 0 Å². The molecule has 0 aromatic carbocycles. The highest BCUT2D eigenvalue weighted by Crippen LogP contribution is 2.27. The Labute approximate surface area is 90.9 Å². The highest BCUT2D eigenvalue weighted by molar-refractivity contribution is 5.04. The van der Waals surface area contributed by atoms with Crippen LogP contribution in [0.1, 0.15) is 37.8 Å². The maximum absolute atomic E-state index is 9.50. The fraction of sp³-hybridized carbons (Fsp3) is 0.667. The van der Waals surface area contributed by atoms with Gasteiger partial charge in [-0.2, -0.15) is 0 Å². The molecule has 1 fully saturated rings. The third kappa shape index (κ3) is 2.61. The molecule has 0 amide bonds. The molecule has 1 aromatic heterocycles. The summed E-state index contributed by atoms with van der Waals surface area (Å²) in [6, 6.07) is 4.07. The molecule has 0 aliphatic heterocycles. The SMILES string of the molecule is OCC1(NCc2ccc[nH]2)CCCCC1. The molecule has 1 aliphatic rings. The Balaban J connectivity index is 1.89. The van der Waals surface area contributed by atoms with Gasteiger partial charge in [-0.05, 0) is 25.0 Å². The van der Waals surface area contributed by atoms with Crippen LogP contribution in [0.4, 0.5) is 0 Å². The van der Waals surface area contributed by atoms with Gasteiger partial charge >= 0.3 is 0 Å². The van der Waals surface area contributed by atoms with Crippen molar-refractivity contribution in [3.63, 3.8) is 0 Å². The minimum absolute atomic E-state index is 0.0244. The van der Waals surface area contributed by atoms with Crippen molar-refractivity contribution < 1.29 is 5.11 Å². The topological polar surface area (TPSA) is 48.0 Å². The molecule has 1 aromatic rings. The number of aliphatic hydroxyl groups is 1. The molecule has 1 saturated carbocycles. The van der Waals surface area contributed by atoms with Crippen molar-refractivity contribution in [2.45, 2.75) is 44.2 Å². The van der Waals surface area contributed by atoms with Gasteiger partial charge in [-0.1, -0.05) is 19.3 Å². The van der Waals surface area contributed by atoms with Gasteiger partial charge in [-0.15, -0.1) is 0 Å². The van der Waals surface area contributed by atoms with Gasteiger partial charge in [0.05, 0.1) is 6.61 Å². The number of nitrogens with one attached hydrogen (secondary N) is 2. The average Bonchev–Trinajstić information content (AvgIpc) is 2.81. The van der Waals surface area contributed by atoms with E-state index in [-0.39, 0.29) is 12.1 Å². The van der Waals surface area contributed by atoms with E-state index in [1.807, 2.05) is 12.3 Å². The van der Waals surface area contributed by atoms with Crippen LogP contribution in [-0.4, -0.2) is 22.2 Å². The van der Waals surface area contributed by atoms with E-state index in [0.717, 1.165) is 19.4 Å². The predicted molar refractivity (Wildman–Crippen MR) is 60.5 cm³/mol. The Morgan fingerprint density at radius 3 is 2.73 bits per heavy atom. The minimum Gasteiger partial charge on any atom is -0.394 e. The van der Waals surface area contributed by atoms with Crippen molar-refractivity contribution >= 4 is 0 Å². The van der Waals surface area contributed by atoms with Crippen LogP contribution in [-0.2, 0) is 6.54 Å². The van der Waals surface area contributed by atoms with Gasteiger partial charge in [0.2, 0.25) is 0 Å². The predicted octanol–water partition coefficient (Wildman–Crippen LogP) is 1.80. The van der Waals surface area contributed by atoms with Gasteiger partial charge in [-0.3, -0.25) is 0 Å². The Bertz CT molecular complexity index is 276. The fourth-order valence-electron chi connectivity index (χ4n) is 2.38. The average molecular weight is 208 g/mol. The minimum atomic E-state index is -0.0244. The summed E-state index contributed by atoms with van der Waals surface area (Å²) in [6.07, 6.45) is 7.92. The molecule has 3 heteroatoms. The molecule has 0 bridgehead atoms. The summed E-state index contributed by atoms with van der Waals surface area (Å²) in [7, 11) is 0. The molecule has 1 aliphatic carbocycles. The number of H-pyrrole nitrogens is 1. The summed E-state index contributed by atoms with van der Waals surface area (Å²) in [5.74, 6) is 0. The maximum atomic E-state index is 9.50. The van der Waals surface area contributed by atoms with E-state index in [1.54, 1.807) is 0 Å². The fourth-order valence-corrected chi connectivity index (χ4v) is 2.38. The molecule has 15 heavy (non-hydrogen) atoms. The second-order valence-corrected chi connectivity index (χ2v) is 4.55. The van der Waals surface area contributed by atoms with Crippen molar-refractivity contribution in [2.24, 2.45) is 0 Å². The van der Waals surface area contributed by atoms with Crippen molar-refractivity contribution in [1.82, 2.24) is 10.3 Å². The second kappa shape index (κ2) is 4.81. The van der Waals surface area contributed by atoms with Crippen molar-refractivity contribution in [1.29, 1.82) is 0 Å². The highest BCUT2D eigenvalue weighted by atomic mass is 16.3. The van der Waals surface area contributed by atoms with Gasteiger partial charge in [-0.25, -0.2) is 0 Å². The van der Waals surface area contributed by atoms with Crippen LogP contribution in [0.2, 0.25) is 0 Å². The van der Waals surface area contributed by atoms with Crippen LogP contribution < -0.4 is 5.32 Å². The molecule has 3 N–H and O–H groups in total. The zero-order valence-electron chi connectivity index (χ0n) is 9.13. The summed E-state index contributed by atoms with van der Waals surface area (Å²) < 4.78 is 0. The van der Waals surface area contributed by atoms with Crippen LogP contribution in [0.15, 0.2) is 18.3 Å². The standard InChI is InChI=1S/C12H20N2O/c15-10-12(6-2-1-3-7-12)14-9-11-5-4-8-13-11/h4-5,8,13-15H,1-3,6-7,9-10H2. The monoisotopic (exact) mass is 208 g/mol. The summed E-state index contributed by atoms with van der Waals surface area (Å²) in [4.78, 5) is 3.17. The molecule has 84 valence electrons. The van der Waals surface area contributed by atoms with Gasteiger partial charge in [0, 0.05) is 24.0 Å². The number of aliphatic hydroxyl groups excluding tert-OH is 1. The van der Waals surface area contributed by atoms with E-state index in [9.17, 15) is 5.11 Å². The van der Waals surface area contributed by atoms with Gasteiger partial charge in [0.25, 0.3) is 0 Å². The van der Waals surface area contributed by atoms with Crippen LogP contribution in [0.25, 0.3) is 0 Å². The number of hydrogen-bond acceptors (Lipinski definition) is 2. The van der Waals surface area contributed by atoms with E-state index in [1.165, 1.54) is 25.0 Å². The Morgan fingerprint density at radius 1 is 1.33 bits per heavy atom. The van der Waals surface area contributed by atoms with Crippen molar-refractivity contribution in [2.75, 3.05) is 6.61 Å². The Morgan fingerprint density at radius 2 is 2.13 bits per heavy atom. The van der Waals surface area contributed by atoms with Gasteiger partial charge in [0.1, 0.15) is 0 Å². The summed E-state index contributed by atoms with van der Waals surface area (Å²) in [5, 5.41) is 13.0. The lowest BCUT2D eigenvalue weighted by molar-refractivity contribution is 0.119. The zero-order chi connectivity index (χ0) is 10.6. The molecule has 0 spiro atoms. The summed E-state index contributed by atoms with van der Waals surface area (Å²) in [6.45, 7) is 1.08. The molecule has 0 saturated heterocycles. The van der Waals surface area contributed by atoms with E-state index in [4.69, 9.17) is 0 Å². The van der Waals surface area contributed by atoms with Gasteiger partial charge < -0.3 is 15.4 Å². The number of hydrogen-bond donors (Lipinski definition) is 3. The molecule has 2 rings (SSSR count). The van der Waals surface area contributed by atoms with E-state index < -0.39 is 0 Å². The number of aromatic nitrogens is 1. The van der Waals surface area contributed by atoms with Crippen LogP contribution in [0.5, 0.6) is 0 Å². The number of rotatable bonds is 4. The smallest absolute Gasteiger partial charge is 0.0613 e. The molecule has 0 radical (unpaired) electrons. The second-order valence-electron chi connectivity index (χ2n) is 4.55. The highest BCUT2D eigenvalue weighted by Gasteiger charge is 2.30. The summed E-state index contributed by atoms with van der Waals surface area (Å²) in [5.41, 5.74) is 1.16. The lowest BCUT2D eigenvalue weighted by Crippen LogP contribution is -2.49. The number of aromatic amines is 1. The Hall–Kier alpha value is -0.800. The lowest BCUT2D eigenvalue weighted by atomic mass is 9.82. The molecule has 0 atom stereocenters. The molecule has 3 nitrogen and oxygen atoms in total. The van der Waals surface area contributed by atoms with Crippen LogP contribution in [0, 0.1) is 0 Å². The third-order valence-corrected chi connectivity index (χ3v) is 3.43. The van der Waals surface area contributed by atoms with E-state index in [2.05, 4.69) is 16.4 Å². The van der Waals surface area contributed by atoms with E-state index in [0.29, 0.717) is 0 Å². The quantitative estimate of drug-likeness (QED) is 0.706.